The summed E-state index contributed by atoms with van der Waals surface area (Å²) in [6.07, 6.45) is 5.07. The Morgan fingerprint density at radius 1 is 1.53 bits per heavy atom. The first kappa shape index (κ1) is 13.5. The molecule has 108 valence electrons. The van der Waals surface area contributed by atoms with Crippen LogP contribution < -0.4 is 10.6 Å². The predicted molar refractivity (Wildman–Crippen MR) is 77.7 cm³/mol. The summed E-state index contributed by atoms with van der Waals surface area (Å²) in [7, 11) is 1.77. The topological polar surface area (TPSA) is 65.9 Å². The van der Waals surface area contributed by atoms with Gasteiger partial charge in [-0.1, -0.05) is 0 Å². The van der Waals surface area contributed by atoms with Gasteiger partial charge in [-0.3, -0.25) is 4.99 Å². The number of hydrogen-bond donors (Lipinski definition) is 3. The quantitative estimate of drug-likeness (QED) is 0.515. The van der Waals surface area contributed by atoms with Gasteiger partial charge in [0.05, 0.1) is 23.9 Å². The Balaban J connectivity index is 1.48. The number of aliphatic hydroxyl groups is 1. The van der Waals surface area contributed by atoms with E-state index in [0.29, 0.717) is 24.8 Å². The summed E-state index contributed by atoms with van der Waals surface area (Å²) in [4.78, 5) is 4.25. The monoisotopic (exact) mass is 285 g/mol. The summed E-state index contributed by atoms with van der Waals surface area (Å²) in [5.74, 6) is 2.64. The molecule has 3 fully saturated rings. The van der Waals surface area contributed by atoms with Crippen molar-refractivity contribution in [2.75, 3.05) is 25.1 Å². The third-order valence-electron chi connectivity index (χ3n) is 4.32. The van der Waals surface area contributed by atoms with Crippen molar-refractivity contribution in [3.8, 4) is 0 Å². The standard InChI is InChI=1S/C13H23N3O2S/c1-14-12(15-7-13(17)4-5-19-8-13)16-10-6-9-2-3-11(10)18-9/h9-11,17H,2-8H2,1H3,(H2,14,15,16). The molecule has 0 saturated carbocycles. The van der Waals surface area contributed by atoms with Crippen molar-refractivity contribution in [2.24, 2.45) is 4.99 Å². The number of hydrogen-bond acceptors (Lipinski definition) is 4. The normalized spacial score (nSPS) is 41.8. The van der Waals surface area contributed by atoms with Gasteiger partial charge in [0.15, 0.2) is 5.96 Å². The third kappa shape index (κ3) is 3.01. The van der Waals surface area contributed by atoms with Gasteiger partial charge < -0.3 is 20.5 Å². The third-order valence-corrected chi connectivity index (χ3v) is 5.55. The second-order valence-electron chi connectivity index (χ2n) is 5.81. The molecule has 0 aromatic rings. The van der Waals surface area contributed by atoms with Crippen molar-refractivity contribution in [1.29, 1.82) is 0 Å². The maximum atomic E-state index is 10.3. The van der Waals surface area contributed by atoms with Crippen LogP contribution in [-0.4, -0.2) is 60.0 Å². The highest BCUT2D eigenvalue weighted by Crippen LogP contribution is 2.34. The smallest absolute Gasteiger partial charge is 0.191 e. The molecule has 0 spiro atoms. The van der Waals surface area contributed by atoms with Gasteiger partial charge in [0.1, 0.15) is 0 Å². The number of thioether (sulfide) groups is 1. The highest BCUT2D eigenvalue weighted by molar-refractivity contribution is 7.99. The summed E-state index contributed by atoms with van der Waals surface area (Å²) in [5, 5.41) is 17.0. The molecule has 4 unspecified atom stereocenters. The van der Waals surface area contributed by atoms with Crippen LogP contribution in [0.25, 0.3) is 0 Å². The number of rotatable bonds is 3. The van der Waals surface area contributed by atoms with E-state index in [1.165, 1.54) is 6.42 Å². The molecule has 3 aliphatic heterocycles. The van der Waals surface area contributed by atoms with Crippen LogP contribution in [0.15, 0.2) is 4.99 Å². The summed E-state index contributed by atoms with van der Waals surface area (Å²) in [5.41, 5.74) is -0.576. The van der Waals surface area contributed by atoms with Crippen LogP contribution in [0.3, 0.4) is 0 Å². The van der Waals surface area contributed by atoms with Gasteiger partial charge in [0.25, 0.3) is 0 Å². The first-order chi connectivity index (χ1) is 9.18. The zero-order chi connectivity index (χ0) is 13.3. The highest BCUT2D eigenvalue weighted by Gasteiger charge is 2.41. The molecular weight excluding hydrogens is 262 g/mol. The number of guanidine groups is 1. The summed E-state index contributed by atoms with van der Waals surface area (Å²) >= 11 is 1.81. The Kier molecular flexibility index (Phi) is 3.91. The van der Waals surface area contributed by atoms with E-state index in [9.17, 15) is 5.11 Å². The number of nitrogens with one attached hydrogen (secondary N) is 2. The van der Waals surface area contributed by atoms with Crippen LogP contribution in [0.5, 0.6) is 0 Å². The highest BCUT2D eigenvalue weighted by atomic mass is 32.2. The van der Waals surface area contributed by atoms with Crippen molar-refractivity contribution in [2.45, 2.75) is 49.5 Å². The minimum atomic E-state index is -0.576. The van der Waals surface area contributed by atoms with Gasteiger partial charge in [0, 0.05) is 19.3 Å². The lowest BCUT2D eigenvalue weighted by Crippen LogP contribution is -2.51. The second kappa shape index (κ2) is 5.50. The maximum Gasteiger partial charge on any atom is 0.191 e. The minimum absolute atomic E-state index is 0.341. The van der Waals surface area contributed by atoms with Crippen LogP contribution in [0, 0.1) is 0 Å². The van der Waals surface area contributed by atoms with Crippen molar-refractivity contribution >= 4 is 17.7 Å². The van der Waals surface area contributed by atoms with Crippen molar-refractivity contribution in [3.63, 3.8) is 0 Å². The van der Waals surface area contributed by atoms with Gasteiger partial charge in [-0.15, -0.1) is 0 Å². The van der Waals surface area contributed by atoms with E-state index in [2.05, 4.69) is 15.6 Å². The van der Waals surface area contributed by atoms with Gasteiger partial charge in [-0.2, -0.15) is 11.8 Å². The van der Waals surface area contributed by atoms with Crippen molar-refractivity contribution < 1.29 is 9.84 Å². The van der Waals surface area contributed by atoms with E-state index < -0.39 is 5.60 Å². The molecule has 0 radical (unpaired) electrons. The van der Waals surface area contributed by atoms with Crippen molar-refractivity contribution in [1.82, 2.24) is 10.6 Å². The predicted octanol–water partition coefficient (Wildman–Crippen LogP) is 0.339. The lowest BCUT2D eigenvalue weighted by molar-refractivity contribution is 0.0722. The lowest BCUT2D eigenvalue weighted by atomic mass is 9.96. The molecule has 0 aliphatic carbocycles. The molecule has 0 amide bonds. The fourth-order valence-corrected chi connectivity index (χ4v) is 4.44. The number of aliphatic imine (C=N–C) groups is 1. The van der Waals surface area contributed by atoms with Gasteiger partial charge in [-0.25, -0.2) is 0 Å². The number of fused-ring (bicyclic) bond motifs is 2. The molecule has 0 aromatic heterocycles. The van der Waals surface area contributed by atoms with Crippen LogP contribution in [0.2, 0.25) is 0 Å². The van der Waals surface area contributed by atoms with Crippen LogP contribution in [-0.2, 0) is 4.74 Å². The Morgan fingerprint density at radius 3 is 3.00 bits per heavy atom. The van der Waals surface area contributed by atoms with Crippen LogP contribution >= 0.6 is 11.8 Å². The van der Waals surface area contributed by atoms with E-state index in [1.54, 1.807) is 7.05 Å². The van der Waals surface area contributed by atoms with E-state index in [0.717, 1.165) is 36.7 Å². The lowest BCUT2D eigenvalue weighted by Gasteiger charge is -2.26. The molecule has 3 N–H and O–H groups in total. The number of nitrogens with zero attached hydrogens (tertiary/aromatic N) is 1. The van der Waals surface area contributed by atoms with Crippen molar-refractivity contribution in [3.05, 3.63) is 0 Å². The first-order valence-electron chi connectivity index (χ1n) is 7.11. The molecule has 4 atom stereocenters. The first-order valence-corrected chi connectivity index (χ1v) is 8.27. The average Bonchev–Trinajstić information content (AvgIpc) is 3.11. The SMILES string of the molecule is CN=C(NCC1(O)CCSC1)NC1CC2CCC1O2. The fraction of sp³-hybridized carbons (Fsp3) is 0.923. The number of ether oxygens (including phenoxy) is 1. The van der Waals surface area contributed by atoms with E-state index >= 15 is 0 Å². The van der Waals surface area contributed by atoms with Crippen LogP contribution in [0.4, 0.5) is 0 Å². The molecule has 3 heterocycles. The molecular formula is C13H23N3O2S. The molecule has 5 nitrogen and oxygen atoms in total. The van der Waals surface area contributed by atoms with Gasteiger partial charge in [-0.05, 0) is 31.4 Å². The Labute approximate surface area is 118 Å². The van der Waals surface area contributed by atoms with E-state index in [-0.39, 0.29) is 0 Å². The molecule has 3 rings (SSSR count). The molecule has 2 bridgehead atoms. The van der Waals surface area contributed by atoms with Crippen LogP contribution in [0.1, 0.15) is 25.7 Å². The summed E-state index contributed by atoms with van der Waals surface area (Å²) in [6, 6.07) is 0.373. The van der Waals surface area contributed by atoms with Gasteiger partial charge >= 0.3 is 0 Å². The zero-order valence-corrected chi connectivity index (χ0v) is 12.2. The van der Waals surface area contributed by atoms with Gasteiger partial charge in [0.2, 0.25) is 0 Å². The molecule has 3 aliphatic rings. The molecule has 0 aromatic carbocycles. The molecule has 3 saturated heterocycles. The Morgan fingerprint density at radius 2 is 2.42 bits per heavy atom. The fourth-order valence-electron chi connectivity index (χ4n) is 3.14. The summed E-state index contributed by atoms with van der Waals surface area (Å²) in [6.45, 7) is 0.571. The zero-order valence-electron chi connectivity index (χ0n) is 11.4. The van der Waals surface area contributed by atoms with E-state index in [4.69, 9.17) is 4.74 Å². The molecule has 19 heavy (non-hydrogen) atoms. The Bertz CT molecular complexity index is 358. The second-order valence-corrected chi connectivity index (χ2v) is 6.92. The Hall–Kier alpha value is -0.460. The average molecular weight is 285 g/mol. The minimum Gasteiger partial charge on any atom is -0.387 e. The summed E-state index contributed by atoms with van der Waals surface area (Å²) < 4.78 is 5.83. The largest absolute Gasteiger partial charge is 0.387 e. The van der Waals surface area contributed by atoms with E-state index in [1.807, 2.05) is 11.8 Å². The maximum absolute atomic E-state index is 10.3. The molecule has 6 heteroatoms.